The van der Waals surface area contributed by atoms with Crippen LogP contribution in [0.25, 0.3) is 5.57 Å². The zero-order valence-corrected chi connectivity index (χ0v) is 9.60. The van der Waals surface area contributed by atoms with Gasteiger partial charge in [-0.1, -0.05) is 55.1 Å². The maximum atomic E-state index is 6.03. The molecule has 2 aromatic carbocycles. The normalized spacial score (nSPS) is 18.4. The molecule has 0 amide bonds. The van der Waals surface area contributed by atoms with Crippen LogP contribution in [0, 0.1) is 0 Å². The summed E-state index contributed by atoms with van der Waals surface area (Å²) in [6.07, 6.45) is 0.958. The van der Waals surface area contributed by atoms with E-state index in [9.17, 15) is 0 Å². The average Bonchev–Trinajstić information content (AvgIpc) is 2.40. The van der Waals surface area contributed by atoms with Crippen LogP contribution in [0.1, 0.15) is 23.7 Å². The smallest absolute Gasteiger partial charge is 0.128 e. The fourth-order valence-electron chi connectivity index (χ4n) is 2.24. The van der Waals surface area contributed by atoms with Crippen LogP contribution in [0.15, 0.2) is 61.2 Å². The zero-order chi connectivity index (χ0) is 11.7. The summed E-state index contributed by atoms with van der Waals surface area (Å²) in [7, 11) is 0. The molecule has 0 bridgehead atoms. The Morgan fingerprint density at radius 1 is 0.941 bits per heavy atom. The first-order chi connectivity index (χ1) is 8.34. The Labute approximate surface area is 101 Å². The highest BCUT2D eigenvalue weighted by Crippen LogP contribution is 2.40. The Morgan fingerprint density at radius 2 is 1.65 bits per heavy atom. The van der Waals surface area contributed by atoms with Gasteiger partial charge in [-0.25, -0.2) is 0 Å². The molecule has 0 saturated heterocycles. The lowest BCUT2D eigenvalue weighted by atomic mass is 9.94. The van der Waals surface area contributed by atoms with E-state index in [4.69, 9.17) is 4.74 Å². The SMILES string of the molecule is C=C1CC(c2ccccc2)Oc2ccccc21. The topological polar surface area (TPSA) is 9.23 Å². The number of hydrogen-bond acceptors (Lipinski definition) is 1. The lowest BCUT2D eigenvalue weighted by Gasteiger charge is -2.27. The fourth-order valence-corrected chi connectivity index (χ4v) is 2.24. The molecular weight excluding hydrogens is 208 g/mol. The van der Waals surface area contributed by atoms with E-state index >= 15 is 0 Å². The van der Waals surface area contributed by atoms with E-state index in [0.717, 1.165) is 23.3 Å². The van der Waals surface area contributed by atoms with Gasteiger partial charge < -0.3 is 4.74 Å². The summed E-state index contributed by atoms with van der Waals surface area (Å²) in [5, 5.41) is 0. The molecule has 1 unspecified atom stereocenters. The molecule has 1 nitrogen and oxygen atoms in total. The second-order valence-corrected chi connectivity index (χ2v) is 4.32. The van der Waals surface area contributed by atoms with Crippen molar-refractivity contribution in [2.24, 2.45) is 0 Å². The van der Waals surface area contributed by atoms with Gasteiger partial charge in [0.15, 0.2) is 0 Å². The summed E-state index contributed by atoms with van der Waals surface area (Å²) in [6.45, 7) is 4.15. The third-order valence-corrected chi connectivity index (χ3v) is 3.14. The van der Waals surface area contributed by atoms with E-state index < -0.39 is 0 Å². The molecule has 1 heteroatoms. The largest absolute Gasteiger partial charge is 0.485 e. The van der Waals surface area contributed by atoms with Crippen LogP contribution in [0.2, 0.25) is 0 Å². The molecule has 84 valence electrons. The third-order valence-electron chi connectivity index (χ3n) is 3.14. The number of hydrogen-bond donors (Lipinski definition) is 0. The Kier molecular flexibility index (Phi) is 2.45. The van der Waals surface area contributed by atoms with Crippen molar-refractivity contribution in [3.05, 3.63) is 72.3 Å². The van der Waals surface area contributed by atoms with Crippen LogP contribution in [0.5, 0.6) is 5.75 Å². The summed E-state index contributed by atoms with van der Waals surface area (Å²) < 4.78 is 6.03. The maximum absolute atomic E-state index is 6.03. The van der Waals surface area contributed by atoms with Gasteiger partial charge in [-0.3, -0.25) is 0 Å². The Morgan fingerprint density at radius 3 is 2.47 bits per heavy atom. The first-order valence-corrected chi connectivity index (χ1v) is 5.83. The van der Waals surface area contributed by atoms with Gasteiger partial charge in [-0.2, -0.15) is 0 Å². The molecular formula is C16H14O. The summed E-state index contributed by atoms with van der Waals surface area (Å²) in [4.78, 5) is 0. The van der Waals surface area contributed by atoms with Gasteiger partial charge in [0.25, 0.3) is 0 Å². The van der Waals surface area contributed by atoms with E-state index in [0.29, 0.717) is 0 Å². The van der Waals surface area contributed by atoms with Crippen LogP contribution < -0.4 is 4.74 Å². The number of fused-ring (bicyclic) bond motifs is 1. The predicted molar refractivity (Wildman–Crippen MR) is 69.9 cm³/mol. The molecule has 0 saturated carbocycles. The van der Waals surface area contributed by atoms with Gasteiger partial charge in [0, 0.05) is 12.0 Å². The van der Waals surface area contributed by atoms with Crippen LogP contribution in [0.4, 0.5) is 0 Å². The highest BCUT2D eigenvalue weighted by molar-refractivity contribution is 5.70. The first kappa shape index (κ1) is 10.2. The lowest BCUT2D eigenvalue weighted by Crippen LogP contribution is -2.13. The van der Waals surface area contributed by atoms with E-state index in [1.165, 1.54) is 5.56 Å². The molecule has 1 heterocycles. The van der Waals surface area contributed by atoms with Gasteiger partial charge in [0.1, 0.15) is 11.9 Å². The Hall–Kier alpha value is -2.02. The van der Waals surface area contributed by atoms with Crippen molar-refractivity contribution in [1.29, 1.82) is 0 Å². The maximum Gasteiger partial charge on any atom is 0.128 e. The average molecular weight is 222 g/mol. The van der Waals surface area contributed by atoms with Crippen molar-refractivity contribution in [1.82, 2.24) is 0 Å². The fraction of sp³-hybridized carbons (Fsp3) is 0.125. The molecule has 0 N–H and O–H groups in total. The van der Waals surface area contributed by atoms with Crippen molar-refractivity contribution >= 4 is 5.57 Å². The van der Waals surface area contributed by atoms with Crippen molar-refractivity contribution < 1.29 is 4.74 Å². The molecule has 0 radical (unpaired) electrons. The van der Waals surface area contributed by atoms with E-state index in [1.54, 1.807) is 0 Å². The highest BCUT2D eigenvalue weighted by atomic mass is 16.5. The highest BCUT2D eigenvalue weighted by Gasteiger charge is 2.23. The third kappa shape index (κ3) is 1.84. The first-order valence-electron chi connectivity index (χ1n) is 5.83. The summed E-state index contributed by atoms with van der Waals surface area (Å²) >= 11 is 0. The van der Waals surface area contributed by atoms with E-state index in [1.807, 2.05) is 36.4 Å². The molecule has 1 aliphatic rings. The summed E-state index contributed by atoms with van der Waals surface area (Å²) in [5.41, 5.74) is 3.50. The number of para-hydroxylation sites is 1. The number of rotatable bonds is 1. The van der Waals surface area contributed by atoms with E-state index in [-0.39, 0.29) is 6.10 Å². The van der Waals surface area contributed by atoms with Crippen LogP contribution in [-0.2, 0) is 0 Å². The minimum absolute atomic E-state index is 0.0959. The Bertz CT molecular complexity index is 542. The zero-order valence-electron chi connectivity index (χ0n) is 9.60. The van der Waals surface area contributed by atoms with Crippen molar-refractivity contribution in [3.63, 3.8) is 0 Å². The van der Waals surface area contributed by atoms with Gasteiger partial charge in [0.2, 0.25) is 0 Å². The second kappa shape index (κ2) is 4.10. The van der Waals surface area contributed by atoms with Crippen LogP contribution in [-0.4, -0.2) is 0 Å². The second-order valence-electron chi connectivity index (χ2n) is 4.32. The Balaban J connectivity index is 1.97. The van der Waals surface area contributed by atoms with Crippen LogP contribution >= 0.6 is 0 Å². The molecule has 0 fully saturated rings. The molecule has 0 aliphatic carbocycles. The van der Waals surface area contributed by atoms with Crippen molar-refractivity contribution in [2.45, 2.75) is 12.5 Å². The lowest BCUT2D eigenvalue weighted by molar-refractivity contribution is 0.202. The molecule has 0 aromatic heterocycles. The molecule has 3 rings (SSSR count). The minimum atomic E-state index is 0.0959. The molecule has 2 aromatic rings. The van der Waals surface area contributed by atoms with Crippen LogP contribution in [0.3, 0.4) is 0 Å². The predicted octanol–water partition coefficient (Wildman–Crippen LogP) is 4.22. The quantitative estimate of drug-likeness (QED) is 0.701. The summed E-state index contributed by atoms with van der Waals surface area (Å²) in [6, 6.07) is 18.4. The van der Waals surface area contributed by atoms with Gasteiger partial charge >= 0.3 is 0 Å². The van der Waals surface area contributed by atoms with Gasteiger partial charge in [-0.05, 0) is 17.2 Å². The molecule has 1 atom stereocenters. The molecule has 17 heavy (non-hydrogen) atoms. The standard InChI is InChI=1S/C16H14O/c1-12-11-16(13-7-3-2-4-8-13)17-15-10-6-5-9-14(12)15/h2-10,16H,1,11H2. The van der Waals surface area contributed by atoms with Gasteiger partial charge in [-0.15, -0.1) is 0 Å². The van der Waals surface area contributed by atoms with Gasteiger partial charge in [0.05, 0.1) is 0 Å². The summed E-state index contributed by atoms with van der Waals surface area (Å²) in [5.74, 6) is 0.942. The molecule has 0 spiro atoms. The minimum Gasteiger partial charge on any atom is -0.485 e. The number of benzene rings is 2. The number of ether oxygens (including phenoxy) is 1. The molecule has 1 aliphatic heterocycles. The monoisotopic (exact) mass is 222 g/mol. The van der Waals surface area contributed by atoms with E-state index in [2.05, 4.69) is 24.8 Å². The van der Waals surface area contributed by atoms with Crippen molar-refractivity contribution in [2.75, 3.05) is 0 Å². The van der Waals surface area contributed by atoms with Crippen molar-refractivity contribution in [3.8, 4) is 5.75 Å².